The highest BCUT2D eigenvalue weighted by Crippen LogP contribution is 2.37. The maximum atomic E-state index is 5.82. The molecule has 4 nitrogen and oxygen atoms in total. The molecule has 0 spiro atoms. The molecule has 0 fully saturated rings. The maximum Gasteiger partial charge on any atom is 0.208 e. The van der Waals surface area contributed by atoms with Crippen molar-refractivity contribution in [3.05, 3.63) is 28.6 Å². The molecule has 1 N–H and O–H groups in total. The van der Waals surface area contributed by atoms with E-state index in [0.717, 1.165) is 23.9 Å². The predicted octanol–water partition coefficient (Wildman–Crippen LogP) is 2.93. The lowest BCUT2D eigenvalue weighted by Crippen LogP contribution is -2.18. The number of rotatable bonds is 6. The topological polar surface area (TPSA) is 47.3 Å². The number of hydrogen-bond donors (Lipinski definition) is 1. The van der Waals surface area contributed by atoms with Gasteiger partial charge in [0.05, 0.1) is 24.2 Å². The average Bonchev–Trinajstić information content (AvgIpc) is 3.09. The molecule has 0 atom stereocenters. The second-order valence-corrected chi connectivity index (χ2v) is 6.89. The number of fused-ring (bicyclic) bond motifs is 1. The molecule has 0 unspecified atom stereocenters. The zero-order valence-corrected chi connectivity index (χ0v) is 13.1. The first-order valence-electron chi connectivity index (χ1n) is 6.71. The molecule has 1 aliphatic heterocycles. The van der Waals surface area contributed by atoms with Crippen molar-refractivity contribution in [3.8, 4) is 10.6 Å². The van der Waals surface area contributed by atoms with Crippen LogP contribution in [-0.2, 0) is 23.5 Å². The number of nitrogens with one attached hydrogen (secondary N) is 1. The van der Waals surface area contributed by atoms with Gasteiger partial charge in [0.15, 0.2) is 5.76 Å². The molecule has 108 valence electrons. The highest BCUT2D eigenvalue weighted by molar-refractivity contribution is 7.98. The quantitative estimate of drug-likeness (QED) is 0.831. The fraction of sp³-hybridized carbons (Fsp3) is 0.500. The van der Waals surface area contributed by atoms with E-state index in [2.05, 4.69) is 16.4 Å². The predicted molar refractivity (Wildman–Crippen MR) is 83.3 cm³/mol. The Morgan fingerprint density at radius 2 is 2.45 bits per heavy atom. The van der Waals surface area contributed by atoms with Crippen molar-refractivity contribution in [2.24, 2.45) is 0 Å². The second-order valence-electron chi connectivity index (χ2n) is 4.65. The van der Waals surface area contributed by atoms with Crippen molar-refractivity contribution in [1.29, 1.82) is 0 Å². The molecular formula is C14H18N2O2S2. The Labute approximate surface area is 126 Å². The van der Waals surface area contributed by atoms with Gasteiger partial charge in [0.25, 0.3) is 0 Å². The Hall–Kier alpha value is -0.820. The first kappa shape index (κ1) is 14.1. The minimum atomic E-state index is 0.643. The molecule has 3 heterocycles. The number of oxazole rings is 1. The van der Waals surface area contributed by atoms with Gasteiger partial charge in [-0.15, -0.1) is 11.3 Å². The third-order valence-corrected chi connectivity index (χ3v) is 5.44. The van der Waals surface area contributed by atoms with E-state index in [1.165, 1.54) is 27.5 Å². The number of methoxy groups -OCH3 is 1. The summed E-state index contributed by atoms with van der Waals surface area (Å²) in [5.41, 5.74) is 1.47. The van der Waals surface area contributed by atoms with E-state index in [0.29, 0.717) is 13.2 Å². The number of hydrogen-bond acceptors (Lipinski definition) is 6. The van der Waals surface area contributed by atoms with Crippen LogP contribution in [0.15, 0.2) is 16.7 Å². The number of ether oxygens (including phenoxy) is 1. The molecule has 0 aromatic carbocycles. The highest BCUT2D eigenvalue weighted by atomic mass is 32.2. The van der Waals surface area contributed by atoms with Gasteiger partial charge in [-0.2, -0.15) is 11.8 Å². The monoisotopic (exact) mass is 310 g/mol. The summed E-state index contributed by atoms with van der Waals surface area (Å²) in [7, 11) is 1.70. The summed E-state index contributed by atoms with van der Waals surface area (Å²) in [5, 5.41) is 3.24. The second kappa shape index (κ2) is 6.76. The van der Waals surface area contributed by atoms with Crippen LogP contribution in [0.2, 0.25) is 0 Å². The van der Waals surface area contributed by atoms with Gasteiger partial charge in [-0.25, -0.2) is 4.98 Å². The summed E-state index contributed by atoms with van der Waals surface area (Å²) in [6, 6.07) is 2.26. The third kappa shape index (κ3) is 3.25. The SMILES string of the molecule is COCCNCc1ncc(-c2cc3c(s2)CCSC3)o1. The van der Waals surface area contributed by atoms with Gasteiger partial charge in [-0.1, -0.05) is 0 Å². The summed E-state index contributed by atoms with van der Waals surface area (Å²) in [4.78, 5) is 7.04. The lowest BCUT2D eigenvalue weighted by Gasteiger charge is -2.08. The Morgan fingerprint density at radius 1 is 1.50 bits per heavy atom. The number of nitrogens with zero attached hydrogens (tertiary/aromatic N) is 1. The van der Waals surface area contributed by atoms with Crippen molar-refractivity contribution >= 4 is 23.1 Å². The number of aryl methyl sites for hydroxylation is 1. The van der Waals surface area contributed by atoms with E-state index >= 15 is 0 Å². The Morgan fingerprint density at radius 3 is 3.30 bits per heavy atom. The first-order valence-corrected chi connectivity index (χ1v) is 8.68. The van der Waals surface area contributed by atoms with Crippen molar-refractivity contribution < 1.29 is 9.15 Å². The number of thiophene rings is 1. The van der Waals surface area contributed by atoms with Crippen LogP contribution in [0.1, 0.15) is 16.3 Å². The Bertz CT molecular complexity index is 542. The first-order chi connectivity index (χ1) is 9.86. The largest absolute Gasteiger partial charge is 0.438 e. The van der Waals surface area contributed by atoms with Gasteiger partial charge < -0.3 is 14.5 Å². The Balaban J connectivity index is 1.65. The van der Waals surface area contributed by atoms with Crippen LogP contribution >= 0.6 is 23.1 Å². The van der Waals surface area contributed by atoms with Gasteiger partial charge in [0.1, 0.15) is 0 Å². The molecule has 0 saturated carbocycles. The summed E-state index contributed by atoms with van der Waals surface area (Å²) in [5.74, 6) is 3.98. The fourth-order valence-electron chi connectivity index (χ4n) is 2.14. The standard InChI is InChI=1S/C14H18N2O2S2/c1-17-4-3-15-8-14-16-7-11(18-14)13-6-10-9-19-5-2-12(10)20-13/h6-7,15H,2-5,8-9H2,1H3. The van der Waals surface area contributed by atoms with E-state index in [4.69, 9.17) is 9.15 Å². The summed E-state index contributed by atoms with van der Waals surface area (Å²) in [6.07, 6.45) is 3.02. The van der Waals surface area contributed by atoms with Crippen LogP contribution in [0.5, 0.6) is 0 Å². The zero-order chi connectivity index (χ0) is 13.8. The van der Waals surface area contributed by atoms with Gasteiger partial charge >= 0.3 is 0 Å². The number of thioether (sulfide) groups is 1. The molecule has 0 bridgehead atoms. The van der Waals surface area contributed by atoms with Crippen LogP contribution in [0.4, 0.5) is 0 Å². The van der Waals surface area contributed by atoms with Crippen molar-refractivity contribution in [3.63, 3.8) is 0 Å². The molecule has 2 aromatic rings. The van der Waals surface area contributed by atoms with Crippen molar-refractivity contribution in [2.45, 2.75) is 18.7 Å². The molecule has 3 rings (SSSR count). The average molecular weight is 310 g/mol. The minimum absolute atomic E-state index is 0.643. The van der Waals surface area contributed by atoms with Gasteiger partial charge in [-0.05, 0) is 23.8 Å². The summed E-state index contributed by atoms with van der Waals surface area (Å²) in [6.45, 7) is 2.14. The fourth-order valence-corrected chi connectivity index (χ4v) is 4.46. The van der Waals surface area contributed by atoms with E-state index in [1.54, 1.807) is 7.11 Å². The van der Waals surface area contributed by atoms with E-state index in [1.807, 2.05) is 29.3 Å². The van der Waals surface area contributed by atoms with Crippen LogP contribution in [-0.4, -0.2) is 31.0 Å². The minimum Gasteiger partial charge on any atom is -0.438 e. The van der Waals surface area contributed by atoms with Gasteiger partial charge in [0, 0.05) is 24.3 Å². The van der Waals surface area contributed by atoms with Gasteiger partial charge in [-0.3, -0.25) is 0 Å². The summed E-state index contributed by atoms with van der Waals surface area (Å²) >= 11 is 3.85. The normalized spacial score (nSPS) is 14.4. The third-order valence-electron chi connectivity index (χ3n) is 3.18. The molecule has 20 heavy (non-hydrogen) atoms. The number of aromatic nitrogens is 1. The lowest BCUT2D eigenvalue weighted by molar-refractivity contribution is 0.198. The van der Waals surface area contributed by atoms with E-state index in [9.17, 15) is 0 Å². The van der Waals surface area contributed by atoms with Crippen molar-refractivity contribution in [2.75, 3.05) is 26.0 Å². The van der Waals surface area contributed by atoms with E-state index < -0.39 is 0 Å². The maximum absolute atomic E-state index is 5.82. The van der Waals surface area contributed by atoms with Crippen LogP contribution in [0.3, 0.4) is 0 Å². The zero-order valence-electron chi connectivity index (χ0n) is 11.5. The van der Waals surface area contributed by atoms with Gasteiger partial charge in [0.2, 0.25) is 5.89 Å². The van der Waals surface area contributed by atoms with Crippen LogP contribution in [0.25, 0.3) is 10.6 Å². The molecule has 2 aromatic heterocycles. The summed E-state index contributed by atoms with van der Waals surface area (Å²) < 4.78 is 10.8. The van der Waals surface area contributed by atoms with Crippen LogP contribution in [0, 0.1) is 0 Å². The lowest BCUT2D eigenvalue weighted by atomic mass is 10.2. The molecule has 0 saturated heterocycles. The van der Waals surface area contributed by atoms with E-state index in [-0.39, 0.29) is 0 Å². The molecular weight excluding hydrogens is 292 g/mol. The van der Waals surface area contributed by atoms with Crippen LogP contribution < -0.4 is 5.32 Å². The van der Waals surface area contributed by atoms with Crippen molar-refractivity contribution in [1.82, 2.24) is 10.3 Å². The molecule has 0 amide bonds. The smallest absolute Gasteiger partial charge is 0.208 e. The molecule has 0 aliphatic carbocycles. The molecule has 1 aliphatic rings. The Kier molecular flexibility index (Phi) is 4.77. The highest BCUT2D eigenvalue weighted by Gasteiger charge is 2.16. The molecule has 6 heteroatoms. The molecule has 0 radical (unpaired) electrons.